The number of aromatic nitrogens is 2. The Morgan fingerprint density at radius 3 is 2.66 bits per heavy atom. The molecule has 2 saturated heterocycles. The smallest absolute Gasteiger partial charge is 0.410 e. The van der Waals surface area contributed by atoms with Gasteiger partial charge in [0.2, 0.25) is 11.9 Å². The van der Waals surface area contributed by atoms with Crippen molar-refractivity contribution in [1.82, 2.24) is 14.5 Å². The lowest BCUT2D eigenvalue weighted by Crippen LogP contribution is -2.43. The fourth-order valence-corrected chi connectivity index (χ4v) is 6.96. The predicted octanol–water partition coefficient (Wildman–Crippen LogP) is 5.44. The Bertz CT molecular complexity index is 1410. The number of amides is 3. The topological polar surface area (TPSA) is 96.8 Å². The van der Waals surface area contributed by atoms with Gasteiger partial charge in [-0.15, -0.1) is 11.3 Å². The van der Waals surface area contributed by atoms with Gasteiger partial charge in [0.05, 0.1) is 20.9 Å². The summed E-state index contributed by atoms with van der Waals surface area (Å²) in [4.78, 5) is 46.9. The van der Waals surface area contributed by atoms with Crippen molar-refractivity contribution in [1.29, 1.82) is 0 Å². The van der Waals surface area contributed by atoms with E-state index in [-0.39, 0.29) is 29.4 Å². The number of hydrogen-bond acceptors (Lipinski definition) is 6. The summed E-state index contributed by atoms with van der Waals surface area (Å²) in [7, 11) is 0. The van der Waals surface area contributed by atoms with Crippen LogP contribution in [0, 0.1) is 5.41 Å². The number of carbonyl (C=O) groups is 3. The second kappa shape index (κ2) is 9.11. The van der Waals surface area contributed by atoms with Crippen LogP contribution in [-0.4, -0.2) is 57.6 Å². The van der Waals surface area contributed by atoms with Gasteiger partial charge in [0.15, 0.2) is 0 Å². The SMILES string of the molecule is CC(C)(C)OC(=O)N1CCC2(CC(n3c(NC(=O)c4ccc(N5CCCC5=O)s4)nc4ccccc43)C2)C1. The zero-order chi connectivity index (χ0) is 26.7. The zero-order valence-corrected chi connectivity index (χ0v) is 22.8. The molecule has 0 bridgehead atoms. The van der Waals surface area contributed by atoms with Gasteiger partial charge >= 0.3 is 6.09 Å². The normalized spacial score (nSPS) is 23.3. The quantitative estimate of drug-likeness (QED) is 0.480. The van der Waals surface area contributed by atoms with Crippen LogP contribution < -0.4 is 10.2 Å². The van der Waals surface area contributed by atoms with Crippen molar-refractivity contribution >= 4 is 51.2 Å². The molecular formula is C28H33N5O4S. The molecule has 2 aliphatic heterocycles. The predicted molar refractivity (Wildman–Crippen MR) is 147 cm³/mol. The number of anilines is 2. The molecule has 10 heteroatoms. The number of imidazole rings is 1. The van der Waals surface area contributed by atoms with Gasteiger partial charge in [-0.1, -0.05) is 12.1 Å². The number of carbonyl (C=O) groups excluding carboxylic acids is 3. The number of ether oxygens (including phenoxy) is 1. The fourth-order valence-electron chi connectivity index (χ4n) is 6.01. The Labute approximate surface area is 225 Å². The van der Waals surface area contributed by atoms with Gasteiger partial charge in [-0.3, -0.25) is 14.9 Å². The van der Waals surface area contributed by atoms with Crippen molar-refractivity contribution < 1.29 is 19.1 Å². The minimum absolute atomic E-state index is 0.0686. The van der Waals surface area contributed by atoms with Gasteiger partial charge < -0.3 is 19.1 Å². The number of hydrogen-bond donors (Lipinski definition) is 1. The Morgan fingerprint density at radius 1 is 1.13 bits per heavy atom. The fraction of sp³-hybridized carbons (Fsp3) is 0.500. The van der Waals surface area contributed by atoms with Crippen molar-refractivity contribution in [3.05, 3.63) is 41.3 Å². The summed E-state index contributed by atoms with van der Waals surface area (Å²) >= 11 is 1.33. The third-order valence-electron chi connectivity index (χ3n) is 7.77. The van der Waals surface area contributed by atoms with Crippen molar-refractivity contribution in [3.63, 3.8) is 0 Å². The first-order valence-corrected chi connectivity index (χ1v) is 14.1. The maximum absolute atomic E-state index is 13.2. The molecule has 3 amide bonds. The van der Waals surface area contributed by atoms with E-state index in [4.69, 9.17) is 9.72 Å². The zero-order valence-electron chi connectivity index (χ0n) is 22.0. The molecule has 1 saturated carbocycles. The van der Waals surface area contributed by atoms with Crippen LogP contribution >= 0.6 is 11.3 Å². The van der Waals surface area contributed by atoms with Gasteiger partial charge in [0.25, 0.3) is 5.91 Å². The molecule has 3 fully saturated rings. The van der Waals surface area contributed by atoms with Gasteiger partial charge in [0.1, 0.15) is 5.60 Å². The number of nitrogens with one attached hydrogen (secondary N) is 1. The summed E-state index contributed by atoms with van der Waals surface area (Å²) in [5.41, 5.74) is 1.38. The summed E-state index contributed by atoms with van der Waals surface area (Å²) < 4.78 is 7.73. The van der Waals surface area contributed by atoms with Crippen LogP contribution in [-0.2, 0) is 9.53 Å². The molecular weight excluding hydrogens is 502 g/mol. The van der Waals surface area contributed by atoms with Crippen molar-refractivity contribution in [2.75, 3.05) is 29.9 Å². The monoisotopic (exact) mass is 535 g/mol. The highest BCUT2D eigenvalue weighted by Gasteiger charge is 2.51. The van der Waals surface area contributed by atoms with E-state index in [9.17, 15) is 14.4 Å². The molecule has 1 spiro atoms. The molecule has 38 heavy (non-hydrogen) atoms. The van der Waals surface area contributed by atoms with Crippen molar-refractivity contribution in [2.24, 2.45) is 5.41 Å². The second-order valence-corrected chi connectivity index (χ2v) is 12.8. The molecule has 0 unspecified atom stereocenters. The maximum Gasteiger partial charge on any atom is 0.410 e. The molecule has 9 nitrogen and oxygen atoms in total. The number of thiophene rings is 1. The molecule has 2 aromatic heterocycles. The van der Waals surface area contributed by atoms with Crippen LogP contribution in [0.1, 0.15) is 68.6 Å². The lowest BCUT2D eigenvalue weighted by Gasteiger charge is -2.46. The van der Waals surface area contributed by atoms with Crippen LogP contribution in [0.2, 0.25) is 0 Å². The summed E-state index contributed by atoms with van der Waals surface area (Å²) in [5, 5.41) is 3.86. The van der Waals surface area contributed by atoms with E-state index in [1.165, 1.54) is 11.3 Å². The van der Waals surface area contributed by atoms with E-state index in [2.05, 4.69) is 9.88 Å². The Hall–Kier alpha value is -3.40. The van der Waals surface area contributed by atoms with E-state index in [1.54, 1.807) is 11.0 Å². The number of likely N-dealkylation sites (tertiary alicyclic amines) is 1. The molecule has 1 aromatic carbocycles. The average molecular weight is 536 g/mol. The molecule has 3 aromatic rings. The van der Waals surface area contributed by atoms with Gasteiger partial charge in [-0.05, 0) is 76.1 Å². The number of fused-ring (bicyclic) bond motifs is 1. The lowest BCUT2D eigenvalue weighted by atomic mass is 9.65. The Kier molecular flexibility index (Phi) is 5.97. The van der Waals surface area contributed by atoms with Crippen LogP contribution in [0.15, 0.2) is 36.4 Å². The van der Waals surface area contributed by atoms with E-state index in [1.807, 2.05) is 56.0 Å². The average Bonchev–Trinajstić information content (AvgIpc) is 3.61. The highest BCUT2D eigenvalue weighted by Crippen LogP contribution is 2.55. The van der Waals surface area contributed by atoms with Crippen molar-refractivity contribution in [2.45, 2.75) is 64.5 Å². The molecule has 0 radical (unpaired) electrons. The van der Waals surface area contributed by atoms with E-state index < -0.39 is 5.60 Å². The molecule has 0 atom stereocenters. The van der Waals surface area contributed by atoms with Crippen molar-refractivity contribution in [3.8, 4) is 0 Å². The first-order valence-electron chi connectivity index (χ1n) is 13.3. The molecule has 3 aliphatic rings. The molecule has 4 heterocycles. The van der Waals surface area contributed by atoms with Crippen LogP contribution in [0.5, 0.6) is 0 Å². The largest absolute Gasteiger partial charge is 0.444 e. The van der Waals surface area contributed by atoms with Crippen LogP contribution in [0.4, 0.5) is 15.7 Å². The standard InChI is InChI=1S/C28H33N5O4S/c1-27(2,3)37-26(36)31-14-12-28(17-31)15-18(16-28)33-20-8-5-4-7-19(20)29-25(33)30-24(35)21-10-11-23(38-21)32-13-6-9-22(32)34/h4-5,7-8,10-11,18H,6,9,12-17H2,1-3H3,(H,29,30,35). The number of para-hydroxylation sites is 2. The molecule has 6 rings (SSSR count). The minimum atomic E-state index is -0.509. The minimum Gasteiger partial charge on any atom is -0.444 e. The number of rotatable bonds is 4. The van der Waals surface area contributed by atoms with Gasteiger partial charge in [-0.2, -0.15) is 0 Å². The third-order valence-corrected chi connectivity index (χ3v) is 8.88. The van der Waals surface area contributed by atoms with Crippen LogP contribution in [0.3, 0.4) is 0 Å². The summed E-state index contributed by atoms with van der Waals surface area (Å²) in [6.07, 6.45) is 3.93. The van der Waals surface area contributed by atoms with Crippen LogP contribution in [0.25, 0.3) is 11.0 Å². The second-order valence-electron chi connectivity index (χ2n) is 11.7. The maximum atomic E-state index is 13.2. The molecule has 1 aliphatic carbocycles. The van der Waals surface area contributed by atoms with E-state index in [0.717, 1.165) is 41.7 Å². The first-order chi connectivity index (χ1) is 18.1. The molecule has 200 valence electrons. The number of benzene rings is 1. The summed E-state index contributed by atoms with van der Waals surface area (Å²) in [6.45, 7) is 7.76. The Balaban J connectivity index is 1.19. The summed E-state index contributed by atoms with van der Waals surface area (Å²) in [6, 6.07) is 11.7. The van der Waals surface area contributed by atoms with Gasteiger partial charge in [-0.25, -0.2) is 9.78 Å². The van der Waals surface area contributed by atoms with E-state index >= 15 is 0 Å². The highest BCUT2D eigenvalue weighted by atomic mass is 32.1. The Morgan fingerprint density at radius 2 is 1.92 bits per heavy atom. The summed E-state index contributed by atoms with van der Waals surface area (Å²) in [5.74, 6) is 0.414. The van der Waals surface area contributed by atoms with E-state index in [0.29, 0.717) is 36.9 Å². The number of nitrogens with zero attached hydrogens (tertiary/aromatic N) is 4. The van der Waals surface area contributed by atoms with Gasteiger partial charge in [0, 0.05) is 32.1 Å². The third kappa shape index (κ3) is 4.55. The highest BCUT2D eigenvalue weighted by molar-refractivity contribution is 7.18. The first kappa shape index (κ1) is 24.9. The lowest BCUT2D eigenvalue weighted by molar-refractivity contribution is -0.117. The molecule has 1 N–H and O–H groups in total.